The highest BCUT2D eigenvalue weighted by molar-refractivity contribution is 7.19. The lowest BCUT2D eigenvalue weighted by Gasteiger charge is -2.25. The van der Waals surface area contributed by atoms with Gasteiger partial charge in [0.2, 0.25) is 0 Å². The molecule has 0 atom stereocenters. The molecule has 5 nitrogen and oxygen atoms in total. The Labute approximate surface area is 211 Å². The van der Waals surface area contributed by atoms with Gasteiger partial charge in [0.1, 0.15) is 18.1 Å². The zero-order valence-electron chi connectivity index (χ0n) is 20.2. The maximum absolute atomic E-state index is 13.7. The van der Waals surface area contributed by atoms with Crippen LogP contribution in [-0.4, -0.2) is 53.2 Å². The van der Waals surface area contributed by atoms with Crippen molar-refractivity contribution in [1.29, 1.82) is 0 Å². The second-order valence-corrected chi connectivity index (χ2v) is 11.1. The molecule has 1 aliphatic carbocycles. The number of carbonyl (C=O) groups excluding carboxylic acids is 1. The van der Waals surface area contributed by atoms with Gasteiger partial charge in [-0.2, -0.15) is 0 Å². The molecule has 3 aromatic rings. The summed E-state index contributed by atoms with van der Waals surface area (Å²) in [6.45, 7) is 3.91. The SMILES string of the molecule is O=C(c1ccc(OCCN2CCCCCC2)cc1)c1c(C2CCC(O)CC2)sc2cc(O)ccc12. The molecule has 6 heteroatoms. The number of ketones is 1. The Balaban J connectivity index is 1.32. The summed E-state index contributed by atoms with van der Waals surface area (Å²) in [6.07, 6.45) is 8.26. The summed E-state index contributed by atoms with van der Waals surface area (Å²) in [6, 6.07) is 12.8. The summed E-state index contributed by atoms with van der Waals surface area (Å²) in [7, 11) is 0. The number of likely N-dealkylation sites (tertiary alicyclic amines) is 1. The Kier molecular flexibility index (Phi) is 7.71. The topological polar surface area (TPSA) is 70.0 Å². The Morgan fingerprint density at radius 2 is 1.69 bits per heavy atom. The molecule has 5 rings (SSSR count). The molecule has 0 radical (unpaired) electrons. The van der Waals surface area contributed by atoms with Crippen LogP contribution in [0.25, 0.3) is 10.1 Å². The molecule has 0 spiro atoms. The fourth-order valence-electron chi connectivity index (χ4n) is 5.46. The van der Waals surface area contributed by atoms with Crippen molar-refractivity contribution in [3.63, 3.8) is 0 Å². The lowest BCUT2D eigenvalue weighted by Crippen LogP contribution is -2.29. The highest BCUT2D eigenvalue weighted by Crippen LogP contribution is 2.44. The molecule has 1 saturated carbocycles. The van der Waals surface area contributed by atoms with Gasteiger partial charge >= 0.3 is 0 Å². The quantitative estimate of drug-likeness (QED) is 0.389. The molecule has 186 valence electrons. The number of hydrogen-bond acceptors (Lipinski definition) is 6. The summed E-state index contributed by atoms with van der Waals surface area (Å²) in [5, 5.41) is 20.9. The van der Waals surface area contributed by atoms with E-state index < -0.39 is 0 Å². The van der Waals surface area contributed by atoms with Crippen LogP contribution in [0.1, 0.15) is 78.1 Å². The van der Waals surface area contributed by atoms with Crippen LogP contribution in [0.4, 0.5) is 0 Å². The number of carbonyl (C=O) groups is 1. The van der Waals surface area contributed by atoms with Gasteiger partial charge in [-0.05, 0) is 100.0 Å². The fourth-order valence-corrected chi connectivity index (χ4v) is 6.87. The van der Waals surface area contributed by atoms with Gasteiger partial charge in [0.05, 0.1) is 6.10 Å². The molecule has 2 aromatic carbocycles. The number of hydrogen-bond donors (Lipinski definition) is 2. The first-order chi connectivity index (χ1) is 17.1. The molecule has 1 saturated heterocycles. The molecule has 35 heavy (non-hydrogen) atoms. The van der Waals surface area contributed by atoms with Crippen LogP contribution < -0.4 is 4.74 Å². The number of phenols is 1. The van der Waals surface area contributed by atoms with Crippen molar-refractivity contribution in [2.45, 2.75) is 63.4 Å². The standard InChI is InChI=1S/C29H35NO4S/c31-22-9-5-21(6-10-22)29-27(25-14-11-23(32)19-26(25)35-29)28(33)20-7-12-24(13-8-20)34-18-17-30-15-3-1-2-4-16-30/h7-8,11-14,19,21-22,31-32H,1-6,9-10,15-18H2. The molecule has 2 heterocycles. The summed E-state index contributed by atoms with van der Waals surface area (Å²) in [4.78, 5) is 17.3. The normalized spacial score (nSPS) is 21.6. The predicted octanol–water partition coefficient (Wildman–Crippen LogP) is 6.11. The van der Waals surface area contributed by atoms with Gasteiger partial charge in [0.15, 0.2) is 5.78 Å². The Hall–Kier alpha value is -2.41. The number of rotatable bonds is 7. The number of ether oxygens (including phenoxy) is 1. The van der Waals surface area contributed by atoms with Gasteiger partial charge in [0.25, 0.3) is 0 Å². The fraction of sp³-hybridized carbons (Fsp3) is 0.483. The van der Waals surface area contributed by atoms with Gasteiger partial charge in [-0.25, -0.2) is 0 Å². The number of nitrogens with zero attached hydrogens (tertiary/aromatic N) is 1. The molecule has 1 aliphatic heterocycles. The predicted molar refractivity (Wildman–Crippen MR) is 141 cm³/mol. The number of thiophene rings is 1. The van der Waals surface area contributed by atoms with E-state index in [0.29, 0.717) is 12.2 Å². The lowest BCUT2D eigenvalue weighted by molar-refractivity contribution is 0.103. The van der Waals surface area contributed by atoms with Gasteiger partial charge in [-0.1, -0.05) is 12.8 Å². The third-order valence-corrected chi connectivity index (χ3v) is 8.80. The van der Waals surface area contributed by atoms with Gasteiger partial charge in [-0.15, -0.1) is 11.3 Å². The van der Waals surface area contributed by atoms with Crippen molar-refractivity contribution in [3.05, 3.63) is 58.5 Å². The van der Waals surface area contributed by atoms with Crippen LogP contribution in [0.5, 0.6) is 11.5 Å². The summed E-state index contributed by atoms with van der Waals surface area (Å²) in [5.74, 6) is 1.28. The number of fused-ring (bicyclic) bond motifs is 1. The zero-order valence-corrected chi connectivity index (χ0v) is 21.1. The molecule has 2 fully saturated rings. The summed E-state index contributed by atoms with van der Waals surface area (Å²) >= 11 is 1.61. The Bertz CT molecular complexity index is 1140. The van der Waals surface area contributed by atoms with Crippen molar-refractivity contribution in [1.82, 2.24) is 4.90 Å². The van der Waals surface area contributed by atoms with Crippen molar-refractivity contribution in [3.8, 4) is 11.5 Å². The molecular formula is C29H35NO4S. The van der Waals surface area contributed by atoms with Crippen LogP contribution in [0, 0.1) is 0 Å². The number of phenolic OH excluding ortho intramolecular Hbond substituents is 1. The average Bonchev–Trinajstić information content (AvgIpc) is 3.04. The monoisotopic (exact) mass is 493 g/mol. The van der Waals surface area contributed by atoms with E-state index in [4.69, 9.17) is 4.74 Å². The van der Waals surface area contributed by atoms with Crippen molar-refractivity contribution in [2.24, 2.45) is 0 Å². The van der Waals surface area contributed by atoms with Crippen LogP contribution in [-0.2, 0) is 0 Å². The first-order valence-corrected chi connectivity index (χ1v) is 13.8. The minimum atomic E-state index is -0.240. The van der Waals surface area contributed by atoms with Crippen LogP contribution in [0.3, 0.4) is 0 Å². The zero-order chi connectivity index (χ0) is 24.2. The van der Waals surface area contributed by atoms with Crippen LogP contribution in [0.2, 0.25) is 0 Å². The van der Waals surface area contributed by atoms with Gasteiger partial charge in [0, 0.05) is 32.6 Å². The first-order valence-electron chi connectivity index (χ1n) is 13.0. The molecule has 0 amide bonds. The van der Waals surface area contributed by atoms with Crippen molar-refractivity contribution in [2.75, 3.05) is 26.2 Å². The van der Waals surface area contributed by atoms with Crippen LogP contribution in [0.15, 0.2) is 42.5 Å². The minimum absolute atomic E-state index is 0.0131. The van der Waals surface area contributed by atoms with E-state index in [2.05, 4.69) is 4.90 Å². The third kappa shape index (κ3) is 5.71. The van der Waals surface area contributed by atoms with Gasteiger partial charge < -0.3 is 14.9 Å². The highest BCUT2D eigenvalue weighted by Gasteiger charge is 2.29. The molecule has 2 aliphatic rings. The maximum Gasteiger partial charge on any atom is 0.194 e. The van der Waals surface area contributed by atoms with E-state index in [1.54, 1.807) is 23.5 Å². The first kappa shape index (κ1) is 24.3. The molecule has 0 bridgehead atoms. The number of aliphatic hydroxyl groups is 1. The van der Waals surface area contributed by atoms with Gasteiger partial charge in [-0.3, -0.25) is 9.69 Å². The minimum Gasteiger partial charge on any atom is -0.508 e. The third-order valence-electron chi connectivity index (χ3n) is 7.49. The number of aromatic hydroxyl groups is 1. The lowest BCUT2D eigenvalue weighted by atomic mass is 9.84. The van der Waals surface area contributed by atoms with Crippen molar-refractivity contribution >= 4 is 27.2 Å². The summed E-state index contributed by atoms with van der Waals surface area (Å²) in [5.41, 5.74) is 1.40. The highest BCUT2D eigenvalue weighted by atomic mass is 32.1. The molecule has 1 aromatic heterocycles. The summed E-state index contributed by atoms with van der Waals surface area (Å²) < 4.78 is 6.92. The number of aliphatic hydroxyl groups excluding tert-OH is 1. The second-order valence-electron chi connectivity index (χ2n) is 9.99. The van der Waals surface area contributed by atoms with E-state index in [0.717, 1.165) is 71.6 Å². The van der Waals surface area contributed by atoms with E-state index in [9.17, 15) is 15.0 Å². The molecule has 2 N–H and O–H groups in total. The Morgan fingerprint density at radius 1 is 0.971 bits per heavy atom. The number of benzene rings is 2. The average molecular weight is 494 g/mol. The van der Waals surface area contributed by atoms with E-state index in [1.807, 2.05) is 30.3 Å². The van der Waals surface area contributed by atoms with E-state index in [-0.39, 0.29) is 23.6 Å². The molecule has 0 unspecified atom stereocenters. The largest absolute Gasteiger partial charge is 0.508 e. The second kappa shape index (κ2) is 11.1. The molecular weight excluding hydrogens is 458 g/mol. The van der Waals surface area contributed by atoms with E-state index >= 15 is 0 Å². The Morgan fingerprint density at radius 3 is 2.40 bits per heavy atom. The van der Waals surface area contributed by atoms with E-state index in [1.165, 1.54) is 25.7 Å². The smallest absolute Gasteiger partial charge is 0.194 e. The van der Waals surface area contributed by atoms with Crippen LogP contribution >= 0.6 is 11.3 Å². The van der Waals surface area contributed by atoms with Crippen molar-refractivity contribution < 1.29 is 19.7 Å². The maximum atomic E-state index is 13.7.